The van der Waals surface area contributed by atoms with Crippen molar-refractivity contribution in [3.63, 3.8) is 0 Å². The number of amides is 1. The summed E-state index contributed by atoms with van der Waals surface area (Å²) in [5.74, 6) is -0.807. The lowest BCUT2D eigenvalue weighted by Crippen LogP contribution is -2.46. The topological polar surface area (TPSA) is 81.3 Å². The van der Waals surface area contributed by atoms with E-state index in [1.807, 2.05) is 31.3 Å². The summed E-state index contributed by atoms with van der Waals surface area (Å²) < 4.78 is 14.6. The maximum Gasteiger partial charge on any atom is 0.254 e. The Morgan fingerprint density at radius 1 is 1.18 bits per heavy atom. The predicted molar refractivity (Wildman–Crippen MR) is 126 cm³/mol. The highest BCUT2D eigenvalue weighted by Gasteiger charge is 2.25. The molecule has 8 heteroatoms. The van der Waals surface area contributed by atoms with Crippen molar-refractivity contribution in [2.45, 2.75) is 38.8 Å². The minimum Gasteiger partial charge on any atom is -0.369 e. The zero-order valence-electron chi connectivity index (χ0n) is 18.7. The lowest BCUT2D eigenvalue weighted by atomic mass is 10.1. The van der Waals surface area contributed by atoms with Gasteiger partial charge in [-0.15, -0.1) is 0 Å². The Labute approximate surface area is 191 Å². The minimum absolute atomic E-state index is 0.0548. The predicted octanol–water partition coefficient (Wildman–Crippen LogP) is 2.84. The van der Waals surface area contributed by atoms with Gasteiger partial charge in [-0.25, -0.2) is 4.39 Å². The number of fused-ring (bicyclic) bond motifs is 1. The van der Waals surface area contributed by atoms with Crippen LogP contribution in [0.5, 0.6) is 0 Å². The molecule has 0 unspecified atom stereocenters. The summed E-state index contributed by atoms with van der Waals surface area (Å²) in [5, 5.41) is 2.83. The van der Waals surface area contributed by atoms with Crippen molar-refractivity contribution in [1.82, 2.24) is 20.2 Å². The molecule has 3 heterocycles. The number of rotatable bonds is 6. The molecule has 1 aliphatic heterocycles. The van der Waals surface area contributed by atoms with E-state index in [4.69, 9.17) is 0 Å². The zero-order chi connectivity index (χ0) is 22.9. The quantitative estimate of drug-likeness (QED) is 0.605. The molecule has 3 aromatic rings. The second-order valence-corrected chi connectivity index (χ2v) is 8.93. The minimum atomic E-state index is -0.476. The number of piperazine rings is 1. The molecule has 0 spiro atoms. The molecule has 2 aliphatic rings. The molecule has 1 aromatic carbocycles. The molecule has 1 amide bonds. The summed E-state index contributed by atoms with van der Waals surface area (Å²) in [6.45, 7) is 5.89. The Morgan fingerprint density at radius 2 is 1.97 bits per heavy atom. The van der Waals surface area contributed by atoms with Crippen LogP contribution in [-0.4, -0.2) is 53.0 Å². The first-order valence-electron chi connectivity index (χ1n) is 11.6. The van der Waals surface area contributed by atoms with Crippen molar-refractivity contribution in [2.75, 3.05) is 31.1 Å². The van der Waals surface area contributed by atoms with Crippen LogP contribution >= 0.6 is 0 Å². The molecule has 2 fully saturated rings. The van der Waals surface area contributed by atoms with Crippen molar-refractivity contribution in [3.8, 4) is 0 Å². The van der Waals surface area contributed by atoms with Crippen LogP contribution in [-0.2, 0) is 13.0 Å². The Balaban J connectivity index is 1.21. The smallest absolute Gasteiger partial charge is 0.254 e. The van der Waals surface area contributed by atoms with E-state index in [-0.39, 0.29) is 23.1 Å². The van der Waals surface area contributed by atoms with Gasteiger partial charge in [0.25, 0.3) is 11.5 Å². The SMILES string of the molecule is CCc1cc2ncc(CN3CCN(c4ccc(C(=O)NC5CC5)c(F)c4)CC3)cc2[nH]c1=O. The first kappa shape index (κ1) is 21.6. The standard InChI is InChI=1S/C25H28FN5O2/c1-2-17-12-22-23(29-24(17)32)11-16(14-27-22)15-30-7-9-31(10-8-30)19-5-6-20(21(26)13-19)25(33)28-18-3-4-18/h5-6,11-14,18H,2-4,7-10,15H2,1H3,(H,28,33)(H,29,32). The number of aromatic amines is 1. The van der Waals surface area contributed by atoms with Gasteiger partial charge in [0, 0.05) is 56.2 Å². The number of aromatic nitrogens is 2. The van der Waals surface area contributed by atoms with Crippen molar-refractivity contribution in [3.05, 3.63) is 69.4 Å². The van der Waals surface area contributed by atoms with Gasteiger partial charge < -0.3 is 15.2 Å². The van der Waals surface area contributed by atoms with Gasteiger partial charge >= 0.3 is 0 Å². The summed E-state index contributed by atoms with van der Waals surface area (Å²) in [6, 6.07) is 8.93. The molecule has 7 nitrogen and oxygen atoms in total. The number of nitrogens with zero attached hydrogens (tertiary/aromatic N) is 3. The molecule has 1 saturated carbocycles. The van der Waals surface area contributed by atoms with Crippen LogP contribution in [0.2, 0.25) is 0 Å². The van der Waals surface area contributed by atoms with Gasteiger partial charge in [0.2, 0.25) is 0 Å². The number of anilines is 1. The van der Waals surface area contributed by atoms with E-state index in [2.05, 4.69) is 25.1 Å². The normalized spacial score (nSPS) is 16.8. The van der Waals surface area contributed by atoms with Crippen LogP contribution < -0.4 is 15.8 Å². The molecule has 0 atom stereocenters. The number of nitrogens with one attached hydrogen (secondary N) is 2. The maximum absolute atomic E-state index is 14.6. The molecule has 1 saturated heterocycles. The Morgan fingerprint density at radius 3 is 2.67 bits per heavy atom. The molecule has 1 aliphatic carbocycles. The largest absolute Gasteiger partial charge is 0.369 e. The highest BCUT2D eigenvalue weighted by atomic mass is 19.1. The molecular formula is C25H28FN5O2. The van der Waals surface area contributed by atoms with E-state index in [1.54, 1.807) is 6.07 Å². The fraction of sp³-hybridized carbons (Fsp3) is 0.400. The van der Waals surface area contributed by atoms with Crippen LogP contribution in [0, 0.1) is 5.82 Å². The lowest BCUT2D eigenvalue weighted by molar-refractivity contribution is 0.0947. The van der Waals surface area contributed by atoms with Gasteiger partial charge in [0.05, 0.1) is 16.6 Å². The van der Waals surface area contributed by atoms with E-state index >= 15 is 0 Å². The summed E-state index contributed by atoms with van der Waals surface area (Å²) in [6.07, 6.45) is 4.50. The van der Waals surface area contributed by atoms with Gasteiger partial charge in [-0.05, 0) is 55.2 Å². The maximum atomic E-state index is 14.6. The number of hydrogen-bond donors (Lipinski definition) is 2. The van der Waals surface area contributed by atoms with Gasteiger partial charge in [-0.3, -0.25) is 19.5 Å². The molecule has 0 bridgehead atoms. The molecule has 2 N–H and O–H groups in total. The average molecular weight is 450 g/mol. The van der Waals surface area contributed by atoms with E-state index in [9.17, 15) is 14.0 Å². The van der Waals surface area contributed by atoms with E-state index in [0.717, 1.165) is 73.4 Å². The third kappa shape index (κ3) is 4.75. The van der Waals surface area contributed by atoms with Gasteiger partial charge in [-0.2, -0.15) is 0 Å². The number of halogens is 1. The second-order valence-electron chi connectivity index (χ2n) is 8.93. The van der Waals surface area contributed by atoms with Crippen LogP contribution in [0.4, 0.5) is 10.1 Å². The number of carbonyl (C=O) groups is 1. The number of carbonyl (C=O) groups excluding carboxylic acids is 1. The van der Waals surface area contributed by atoms with E-state index in [0.29, 0.717) is 6.42 Å². The molecule has 2 aromatic heterocycles. The monoisotopic (exact) mass is 449 g/mol. The fourth-order valence-electron chi connectivity index (χ4n) is 4.31. The first-order valence-corrected chi connectivity index (χ1v) is 11.6. The Hall–Kier alpha value is -3.26. The number of aryl methyl sites for hydroxylation is 1. The van der Waals surface area contributed by atoms with Crippen LogP contribution in [0.1, 0.15) is 41.3 Å². The van der Waals surface area contributed by atoms with Crippen LogP contribution in [0.3, 0.4) is 0 Å². The van der Waals surface area contributed by atoms with Crippen LogP contribution in [0.15, 0.2) is 41.3 Å². The zero-order valence-corrected chi connectivity index (χ0v) is 18.7. The highest BCUT2D eigenvalue weighted by Crippen LogP contribution is 2.23. The summed E-state index contributed by atoms with van der Waals surface area (Å²) >= 11 is 0. The fourth-order valence-corrected chi connectivity index (χ4v) is 4.31. The second kappa shape index (κ2) is 8.94. The number of hydrogen-bond acceptors (Lipinski definition) is 5. The molecule has 0 radical (unpaired) electrons. The third-order valence-corrected chi connectivity index (χ3v) is 6.46. The Kier molecular flexibility index (Phi) is 5.85. The molecular weight excluding hydrogens is 421 g/mol. The number of pyridine rings is 2. The van der Waals surface area contributed by atoms with Crippen LogP contribution in [0.25, 0.3) is 11.0 Å². The molecule has 5 rings (SSSR count). The summed E-state index contributed by atoms with van der Waals surface area (Å²) in [5.41, 5.74) is 4.20. The number of H-pyrrole nitrogens is 1. The number of benzene rings is 1. The van der Waals surface area contributed by atoms with Crippen molar-refractivity contribution in [2.24, 2.45) is 0 Å². The van der Waals surface area contributed by atoms with Gasteiger partial charge in [-0.1, -0.05) is 6.92 Å². The van der Waals surface area contributed by atoms with Crippen molar-refractivity contribution in [1.29, 1.82) is 0 Å². The average Bonchev–Trinajstić information content (AvgIpc) is 3.63. The third-order valence-electron chi connectivity index (χ3n) is 6.46. The lowest BCUT2D eigenvalue weighted by Gasteiger charge is -2.36. The van der Waals surface area contributed by atoms with Crippen molar-refractivity contribution >= 4 is 22.6 Å². The molecule has 33 heavy (non-hydrogen) atoms. The van der Waals surface area contributed by atoms with Gasteiger partial charge in [0.1, 0.15) is 5.82 Å². The molecule has 172 valence electrons. The van der Waals surface area contributed by atoms with Gasteiger partial charge in [0.15, 0.2) is 0 Å². The highest BCUT2D eigenvalue weighted by molar-refractivity contribution is 5.95. The van der Waals surface area contributed by atoms with E-state index < -0.39 is 5.82 Å². The Bertz CT molecular complexity index is 1250. The summed E-state index contributed by atoms with van der Waals surface area (Å²) in [4.78, 5) is 36.2. The summed E-state index contributed by atoms with van der Waals surface area (Å²) in [7, 11) is 0. The van der Waals surface area contributed by atoms with Crippen molar-refractivity contribution < 1.29 is 9.18 Å². The van der Waals surface area contributed by atoms with E-state index in [1.165, 1.54) is 6.07 Å². The first-order chi connectivity index (χ1) is 16.0.